The lowest BCUT2D eigenvalue weighted by Gasteiger charge is -2.40. The van der Waals surface area contributed by atoms with Gasteiger partial charge in [-0.3, -0.25) is 9.58 Å². The van der Waals surface area contributed by atoms with Gasteiger partial charge >= 0.3 is 6.18 Å². The Morgan fingerprint density at radius 1 is 1.09 bits per heavy atom. The quantitative estimate of drug-likeness (QED) is 0.673. The number of alkyl halides is 3. The van der Waals surface area contributed by atoms with Gasteiger partial charge in [0, 0.05) is 43.0 Å². The Hall–Kier alpha value is -2.60. The number of hydrogen-bond acceptors (Lipinski definition) is 5. The Bertz CT molecular complexity index is 1020. The van der Waals surface area contributed by atoms with E-state index in [2.05, 4.69) is 35.8 Å². The number of nitrogens with zero attached hydrogens (tertiary/aromatic N) is 6. The highest BCUT2D eigenvalue weighted by atomic mass is 19.4. The van der Waals surface area contributed by atoms with E-state index in [1.165, 1.54) is 0 Å². The van der Waals surface area contributed by atoms with E-state index < -0.39 is 17.3 Å². The number of nitriles is 1. The van der Waals surface area contributed by atoms with Gasteiger partial charge in [0.15, 0.2) is 0 Å². The van der Waals surface area contributed by atoms with Crippen LogP contribution in [-0.4, -0.2) is 50.9 Å². The first-order valence-corrected chi connectivity index (χ1v) is 11.1. The second-order valence-corrected chi connectivity index (χ2v) is 9.79. The first-order valence-electron chi connectivity index (χ1n) is 11.1. The van der Waals surface area contributed by atoms with E-state index in [1.54, 1.807) is 23.4 Å². The molecule has 4 heterocycles. The first kappa shape index (κ1) is 22.6. The fourth-order valence-electron chi connectivity index (χ4n) is 4.52. The van der Waals surface area contributed by atoms with Crippen LogP contribution in [0.25, 0.3) is 11.3 Å². The fraction of sp³-hybridized carbons (Fsp3) is 0.609. The molecule has 2 saturated heterocycles. The molecule has 2 aromatic rings. The normalized spacial score (nSPS) is 20.8. The fourth-order valence-corrected chi connectivity index (χ4v) is 4.52. The van der Waals surface area contributed by atoms with Gasteiger partial charge in [-0.25, -0.2) is 4.98 Å². The second-order valence-electron chi connectivity index (χ2n) is 9.79. The van der Waals surface area contributed by atoms with E-state index in [1.807, 2.05) is 11.6 Å². The van der Waals surface area contributed by atoms with Gasteiger partial charge in [0.1, 0.15) is 17.5 Å². The number of rotatable bonds is 3. The lowest BCUT2D eigenvalue weighted by Crippen LogP contribution is -2.46. The molecule has 2 aliphatic rings. The Morgan fingerprint density at radius 3 is 2.28 bits per heavy atom. The van der Waals surface area contributed by atoms with Gasteiger partial charge < -0.3 is 4.90 Å². The highest BCUT2D eigenvalue weighted by molar-refractivity contribution is 5.68. The Labute approximate surface area is 186 Å². The Balaban J connectivity index is 1.65. The molecule has 6 nitrogen and oxygen atoms in total. The number of pyridine rings is 1. The summed E-state index contributed by atoms with van der Waals surface area (Å²) in [6.45, 7) is 11.0. The average molecular weight is 447 g/mol. The molecule has 172 valence electrons. The molecule has 2 aromatic heterocycles. The SMILES string of the molecule is C[C@H]1CCN1c1nc(-c2cnn(C3CCN(C(C)(C)C)CC3)c2)cc(C(F)(F)F)c1C#N. The summed E-state index contributed by atoms with van der Waals surface area (Å²) in [5.41, 5.74) is -0.498. The summed E-state index contributed by atoms with van der Waals surface area (Å²) >= 11 is 0. The first-order chi connectivity index (χ1) is 15.0. The van der Waals surface area contributed by atoms with Crippen LogP contribution in [0.4, 0.5) is 19.0 Å². The summed E-state index contributed by atoms with van der Waals surface area (Å²) in [5, 5.41) is 14.0. The van der Waals surface area contributed by atoms with Crippen LogP contribution < -0.4 is 4.90 Å². The molecule has 2 aliphatic heterocycles. The average Bonchev–Trinajstić information content (AvgIpc) is 3.21. The van der Waals surface area contributed by atoms with Crippen molar-refractivity contribution in [1.29, 1.82) is 5.26 Å². The maximum atomic E-state index is 13.8. The van der Waals surface area contributed by atoms with Crippen molar-refractivity contribution in [1.82, 2.24) is 19.7 Å². The summed E-state index contributed by atoms with van der Waals surface area (Å²) in [4.78, 5) is 8.71. The van der Waals surface area contributed by atoms with Crippen LogP contribution in [0.5, 0.6) is 0 Å². The summed E-state index contributed by atoms with van der Waals surface area (Å²) in [6.07, 6.45) is 1.46. The topological polar surface area (TPSA) is 61.0 Å². The van der Waals surface area contributed by atoms with Crippen molar-refractivity contribution >= 4 is 5.82 Å². The number of halogens is 3. The monoisotopic (exact) mass is 446 g/mol. The molecule has 0 spiro atoms. The lowest BCUT2D eigenvalue weighted by molar-refractivity contribution is -0.137. The van der Waals surface area contributed by atoms with Crippen molar-refractivity contribution in [3.8, 4) is 17.3 Å². The molecule has 0 saturated carbocycles. The molecule has 0 aliphatic carbocycles. The maximum absolute atomic E-state index is 13.8. The summed E-state index contributed by atoms with van der Waals surface area (Å²) in [5.74, 6) is 0.113. The van der Waals surface area contributed by atoms with Gasteiger partial charge in [-0.05, 0) is 53.0 Å². The van der Waals surface area contributed by atoms with Crippen LogP contribution >= 0.6 is 0 Å². The third-order valence-corrected chi connectivity index (χ3v) is 6.69. The Morgan fingerprint density at radius 2 is 1.78 bits per heavy atom. The molecular weight excluding hydrogens is 417 g/mol. The van der Waals surface area contributed by atoms with E-state index in [-0.39, 0.29) is 29.1 Å². The van der Waals surface area contributed by atoms with Crippen LogP contribution in [0, 0.1) is 11.3 Å². The molecule has 0 bridgehead atoms. The molecule has 9 heteroatoms. The van der Waals surface area contributed by atoms with Crippen molar-refractivity contribution < 1.29 is 13.2 Å². The summed E-state index contributed by atoms with van der Waals surface area (Å²) < 4.78 is 43.3. The number of piperidine rings is 1. The molecule has 2 fully saturated rings. The minimum atomic E-state index is -4.64. The Kier molecular flexibility index (Phi) is 5.70. The van der Waals surface area contributed by atoms with Gasteiger partial charge in [-0.1, -0.05) is 0 Å². The third kappa shape index (κ3) is 4.20. The van der Waals surface area contributed by atoms with Gasteiger partial charge in [-0.2, -0.15) is 23.5 Å². The highest BCUT2D eigenvalue weighted by Crippen LogP contribution is 2.40. The van der Waals surface area contributed by atoms with Crippen LogP contribution in [0.15, 0.2) is 18.5 Å². The largest absolute Gasteiger partial charge is 0.417 e. The van der Waals surface area contributed by atoms with Crippen molar-refractivity contribution in [2.24, 2.45) is 0 Å². The molecule has 0 radical (unpaired) electrons. The van der Waals surface area contributed by atoms with Gasteiger partial charge in [-0.15, -0.1) is 0 Å². The smallest absolute Gasteiger partial charge is 0.353 e. The predicted octanol–water partition coefficient (Wildman–Crippen LogP) is 4.87. The van der Waals surface area contributed by atoms with Crippen molar-refractivity contribution in [3.63, 3.8) is 0 Å². The lowest BCUT2D eigenvalue weighted by atomic mass is 9.98. The van der Waals surface area contributed by atoms with Gasteiger partial charge in [0.25, 0.3) is 0 Å². The van der Waals surface area contributed by atoms with Crippen LogP contribution in [0.1, 0.15) is 64.1 Å². The van der Waals surface area contributed by atoms with E-state index in [0.29, 0.717) is 12.1 Å². The molecule has 32 heavy (non-hydrogen) atoms. The van der Waals surface area contributed by atoms with E-state index in [4.69, 9.17) is 0 Å². The standard InChI is InChI=1S/C23H29F3N6/c1-15-5-10-31(15)21-18(12-27)19(23(24,25)26)11-20(29-21)16-13-28-32(14-16)17-6-8-30(9-7-17)22(2,3)4/h11,13-15,17H,5-10H2,1-4H3/t15-/m0/s1. The molecule has 0 amide bonds. The minimum Gasteiger partial charge on any atom is -0.353 e. The number of aromatic nitrogens is 3. The van der Waals surface area contributed by atoms with Gasteiger partial charge in [0.2, 0.25) is 0 Å². The van der Waals surface area contributed by atoms with E-state index in [0.717, 1.165) is 38.4 Å². The van der Waals surface area contributed by atoms with Crippen LogP contribution in [0.2, 0.25) is 0 Å². The minimum absolute atomic E-state index is 0.0571. The molecule has 1 atom stereocenters. The van der Waals surface area contributed by atoms with Crippen molar-refractivity contribution in [2.75, 3.05) is 24.5 Å². The molecule has 0 N–H and O–H groups in total. The highest BCUT2D eigenvalue weighted by Gasteiger charge is 2.39. The predicted molar refractivity (Wildman–Crippen MR) is 116 cm³/mol. The molecule has 4 rings (SSSR count). The van der Waals surface area contributed by atoms with Crippen LogP contribution in [-0.2, 0) is 6.18 Å². The number of anilines is 1. The zero-order chi connectivity index (χ0) is 23.3. The molecule has 0 aromatic carbocycles. The van der Waals surface area contributed by atoms with E-state index in [9.17, 15) is 18.4 Å². The summed E-state index contributed by atoms with van der Waals surface area (Å²) in [7, 11) is 0. The number of hydrogen-bond donors (Lipinski definition) is 0. The van der Waals surface area contributed by atoms with Crippen LogP contribution in [0.3, 0.4) is 0 Å². The van der Waals surface area contributed by atoms with Gasteiger partial charge in [0.05, 0.1) is 23.5 Å². The number of likely N-dealkylation sites (tertiary alicyclic amines) is 1. The maximum Gasteiger partial charge on any atom is 0.417 e. The molecule has 0 unspecified atom stereocenters. The third-order valence-electron chi connectivity index (χ3n) is 6.69. The zero-order valence-corrected chi connectivity index (χ0v) is 18.9. The van der Waals surface area contributed by atoms with E-state index >= 15 is 0 Å². The molecular formula is C23H29F3N6. The second kappa shape index (κ2) is 8.07. The summed E-state index contributed by atoms with van der Waals surface area (Å²) in [6, 6.07) is 2.99. The zero-order valence-electron chi connectivity index (χ0n) is 18.9. The van der Waals surface area contributed by atoms with Crippen molar-refractivity contribution in [2.45, 2.75) is 70.8 Å². The van der Waals surface area contributed by atoms with Crippen molar-refractivity contribution in [3.05, 3.63) is 29.6 Å².